The van der Waals surface area contributed by atoms with Gasteiger partial charge < -0.3 is 9.84 Å². The number of ether oxygens (including phenoxy) is 1. The normalized spacial score (nSPS) is 18.1. The molecule has 0 atom stereocenters. The van der Waals surface area contributed by atoms with Crippen molar-refractivity contribution < 1.29 is 14.6 Å². The van der Waals surface area contributed by atoms with E-state index in [1.165, 1.54) is 12.8 Å². The first kappa shape index (κ1) is 13.5. The summed E-state index contributed by atoms with van der Waals surface area (Å²) < 4.78 is 5.95. The molecule has 0 radical (unpaired) electrons. The van der Waals surface area contributed by atoms with Gasteiger partial charge in [-0.15, -0.1) is 11.3 Å². The average Bonchev–Trinajstić information content (AvgIpc) is 2.95. The Morgan fingerprint density at radius 3 is 2.89 bits per heavy atom. The van der Waals surface area contributed by atoms with Gasteiger partial charge >= 0.3 is 5.97 Å². The molecule has 1 N–H and O–H groups in total. The Balaban J connectivity index is 2.09. The quantitative estimate of drug-likeness (QED) is 0.862. The van der Waals surface area contributed by atoms with E-state index in [-0.39, 0.29) is 12.0 Å². The van der Waals surface area contributed by atoms with Gasteiger partial charge in [-0.05, 0) is 19.8 Å². The highest BCUT2D eigenvalue weighted by atomic mass is 32.1. The maximum Gasteiger partial charge on any atom is 0.303 e. The first-order chi connectivity index (χ1) is 8.66. The average molecular weight is 269 g/mol. The molecule has 1 saturated carbocycles. The third-order valence-electron chi connectivity index (χ3n) is 3.37. The topological polar surface area (TPSA) is 59.4 Å². The zero-order valence-corrected chi connectivity index (χ0v) is 11.5. The number of aliphatic carboxylic acids is 1. The summed E-state index contributed by atoms with van der Waals surface area (Å²) in [5.74, 6) is -0.773. The maximum atomic E-state index is 10.6. The van der Waals surface area contributed by atoms with E-state index in [1.807, 2.05) is 12.3 Å². The minimum Gasteiger partial charge on any atom is -0.481 e. The number of rotatable bonds is 6. The van der Waals surface area contributed by atoms with Crippen molar-refractivity contribution in [2.24, 2.45) is 0 Å². The fourth-order valence-electron chi connectivity index (χ4n) is 2.51. The Bertz CT molecular complexity index is 410. The molecule has 5 heteroatoms. The van der Waals surface area contributed by atoms with Gasteiger partial charge in [0.15, 0.2) is 0 Å². The van der Waals surface area contributed by atoms with Crippen molar-refractivity contribution in [3.8, 4) is 0 Å². The predicted octanol–water partition coefficient (Wildman–Crippen LogP) is 2.97. The molecule has 0 aromatic carbocycles. The van der Waals surface area contributed by atoms with Gasteiger partial charge in [-0.2, -0.15) is 0 Å². The van der Waals surface area contributed by atoms with E-state index in [0.29, 0.717) is 13.0 Å². The van der Waals surface area contributed by atoms with Crippen LogP contribution < -0.4 is 0 Å². The molecule has 0 bridgehead atoms. The number of carboxylic acid groups (broad SMARTS) is 1. The highest BCUT2D eigenvalue weighted by molar-refractivity contribution is 7.09. The van der Waals surface area contributed by atoms with Crippen molar-refractivity contribution in [2.45, 2.75) is 51.0 Å². The molecule has 100 valence electrons. The van der Waals surface area contributed by atoms with E-state index in [4.69, 9.17) is 9.84 Å². The molecule has 1 aromatic heterocycles. The van der Waals surface area contributed by atoms with Gasteiger partial charge in [0.25, 0.3) is 0 Å². The molecule has 1 aliphatic carbocycles. The second kappa shape index (κ2) is 5.80. The van der Waals surface area contributed by atoms with E-state index < -0.39 is 5.97 Å². The van der Waals surface area contributed by atoms with Gasteiger partial charge in [0, 0.05) is 18.4 Å². The van der Waals surface area contributed by atoms with Crippen molar-refractivity contribution in [2.75, 3.05) is 6.61 Å². The summed E-state index contributed by atoms with van der Waals surface area (Å²) in [6.07, 6.45) is 5.09. The molecule has 0 amide bonds. The molecule has 0 unspecified atom stereocenters. The lowest BCUT2D eigenvalue weighted by molar-refractivity contribution is -0.136. The Kier molecular flexibility index (Phi) is 4.35. The van der Waals surface area contributed by atoms with Crippen LogP contribution in [0.1, 0.15) is 49.7 Å². The van der Waals surface area contributed by atoms with E-state index in [9.17, 15) is 4.79 Å². The molecule has 0 saturated heterocycles. The second-order valence-electron chi connectivity index (χ2n) is 4.67. The number of aromatic nitrogens is 1. The monoisotopic (exact) mass is 269 g/mol. The molecule has 2 rings (SSSR count). The van der Waals surface area contributed by atoms with E-state index in [0.717, 1.165) is 23.5 Å². The summed E-state index contributed by atoms with van der Waals surface area (Å²) in [4.78, 5) is 15.1. The standard InChI is InChI=1S/C13H19NO3S/c1-2-17-13(7-3-4-8-13)12-14-10(9-18-12)5-6-11(15)16/h9H,2-8H2,1H3,(H,15,16). The Labute approximate surface area is 111 Å². The number of hydrogen-bond donors (Lipinski definition) is 1. The number of thiazole rings is 1. The van der Waals surface area contributed by atoms with Crippen molar-refractivity contribution in [1.29, 1.82) is 0 Å². The van der Waals surface area contributed by atoms with Gasteiger partial charge in [-0.1, -0.05) is 12.8 Å². The van der Waals surface area contributed by atoms with Crippen molar-refractivity contribution in [3.63, 3.8) is 0 Å². The van der Waals surface area contributed by atoms with E-state index >= 15 is 0 Å². The highest BCUT2D eigenvalue weighted by Gasteiger charge is 2.38. The van der Waals surface area contributed by atoms with Gasteiger partial charge in [0.2, 0.25) is 0 Å². The zero-order chi connectivity index (χ0) is 13.0. The molecule has 1 heterocycles. The minimum absolute atomic E-state index is 0.144. The minimum atomic E-state index is -0.773. The van der Waals surface area contributed by atoms with E-state index in [2.05, 4.69) is 4.98 Å². The summed E-state index contributed by atoms with van der Waals surface area (Å²) in [6, 6.07) is 0. The van der Waals surface area contributed by atoms with Crippen LogP contribution in [0.4, 0.5) is 0 Å². The summed E-state index contributed by atoms with van der Waals surface area (Å²) in [7, 11) is 0. The molecule has 18 heavy (non-hydrogen) atoms. The maximum absolute atomic E-state index is 10.6. The first-order valence-corrected chi connectivity index (χ1v) is 7.35. The third-order valence-corrected chi connectivity index (χ3v) is 4.44. The Hall–Kier alpha value is -0.940. The van der Waals surface area contributed by atoms with Crippen molar-refractivity contribution in [1.82, 2.24) is 4.98 Å². The highest BCUT2D eigenvalue weighted by Crippen LogP contribution is 2.43. The number of aryl methyl sites for hydroxylation is 1. The van der Waals surface area contributed by atoms with Gasteiger partial charge in [0.05, 0.1) is 12.1 Å². The molecule has 1 fully saturated rings. The summed E-state index contributed by atoms with van der Waals surface area (Å²) in [5.41, 5.74) is 0.685. The lowest BCUT2D eigenvalue weighted by atomic mass is 10.0. The molecular formula is C13H19NO3S. The van der Waals surface area contributed by atoms with Crippen molar-refractivity contribution >= 4 is 17.3 Å². The van der Waals surface area contributed by atoms with Gasteiger partial charge in [-0.25, -0.2) is 4.98 Å². The SMILES string of the molecule is CCOC1(c2nc(CCC(=O)O)cs2)CCCC1. The first-order valence-electron chi connectivity index (χ1n) is 6.47. The molecule has 0 spiro atoms. The number of hydrogen-bond acceptors (Lipinski definition) is 4. The van der Waals surface area contributed by atoms with Crippen molar-refractivity contribution in [3.05, 3.63) is 16.1 Å². The van der Waals surface area contributed by atoms with E-state index in [1.54, 1.807) is 11.3 Å². The number of carbonyl (C=O) groups is 1. The van der Waals surface area contributed by atoms with Crippen LogP contribution in [0.2, 0.25) is 0 Å². The van der Waals surface area contributed by atoms with Crippen LogP contribution in [0.15, 0.2) is 5.38 Å². The van der Waals surface area contributed by atoms with Crippen LogP contribution in [-0.4, -0.2) is 22.7 Å². The number of nitrogens with zero attached hydrogens (tertiary/aromatic N) is 1. The summed E-state index contributed by atoms with van der Waals surface area (Å²) in [5, 5.41) is 11.7. The lowest BCUT2D eigenvalue weighted by Crippen LogP contribution is -2.26. The fraction of sp³-hybridized carbons (Fsp3) is 0.692. The smallest absolute Gasteiger partial charge is 0.303 e. The van der Waals surface area contributed by atoms with Crippen LogP contribution >= 0.6 is 11.3 Å². The predicted molar refractivity (Wildman–Crippen MR) is 69.8 cm³/mol. The summed E-state index contributed by atoms with van der Waals surface area (Å²) in [6.45, 7) is 2.71. The van der Waals surface area contributed by atoms with Crippen LogP contribution in [0.25, 0.3) is 0 Å². The molecule has 1 aromatic rings. The van der Waals surface area contributed by atoms with Gasteiger partial charge in [-0.3, -0.25) is 4.79 Å². The lowest BCUT2D eigenvalue weighted by Gasteiger charge is -2.26. The largest absolute Gasteiger partial charge is 0.481 e. The summed E-state index contributed by atoms with van der Waals surface area (Å²) >= 11 is 1.61. The molecule has 0 aliphatic heterocycles. The molecule has 1 aliphatic rings. The van der Waals surface area contributed by atoms with Gasteiger partial charge in [0.1, 0.15) is 10.6 Å². The van der Waals surface area contributed by atoms with Crippen LogP contribution in [-0.2, 0) is 21.6 Å². The Morgan fingerprint density at radius 1 is 1.56 bits per heavy atom. The molecular weight excluding hydrogens is 250 g/mol. The third kappa shape index (κ3) is 2.90. The van der Waals surface area contributed by atoms with Crippen LogP contribution in [0.5, 0.6) is 0 Å². The molecule has 4 nitrogen and oxygen atoms in total. The zero-order valence-electron chi connectivity index (χ0n) is 10.6. The second-order valence-corrected chi connectivity index (χ2v) is 5.53. The fourth-order valence-corrected chi connectivity index (χ4v) is 3.57. The van der Waals surface area contributed by atoms with Crippen LogP contribution in [0, 0.1) is 0 Å². The number of carboxylic acids is 1. The van der Waals surface area contributed by atoms with Crippen LogP contribution in [0.3, 0.4) is 0 Å². The Morgan fingerprint density at radius 2 is 2.28 bits per heavy atom.